The summed E-state index contributed by atoms with van der Waals surface area (Å²) in [4.78, 5) is 12.9. The maximum Gasteiger partial charge on any atom is 0.196 e. The van der Waals surface area contributed by atoms with Crippen LogP contribution in [0.3, 0.4) is 0 Å². The molecule has 2 N–H and O–H groups in total. The van der Waals surface area contributed by atoms with Gasteiger partial charge in [-0.05, 0) is 49.1 Å². The summed E-state index contributed by atoms with van der Waals surface area (Å²) < 4.78 is 11.9. The molecular weight excluding hydrogens is 456 g/mol. The molecule has 0 radical (unpaired) electrons. The molecule has 8 nitrogen and oxygen atoms in total. The number of hydrogen-bond donors (Lipinski definition) is 2. The molecule has 0 spiro atoms. The van der Waals surface area contributed by atoms with Crippen molar-refractivity contribution in [3.05, 3.63) is 94.8 Å². The van der Waals surface area contributed by atoms with Crippen molar-refractivity contribution < 1.29 is 19.4 Å². The SMILES string of the molecule is CCCc1c(OCCCCOc2cccc(Cc3nn[nH]n3)c2)ccc(C(=O)c2ccccc2)c1O. The Bertz CT molecular complexity index is 1260. The summed E-state index contributed by atoms with van der Waals surface area (Å²) in [5, 5.41) is 24.9. The van der Waals surface area contributed by atoms with Gasteiger partial charge in [0.05, 0.1) is 18.8 Å². The molecule has 0 bridgehead atoms. The highest BCUT2D eigenvalue weighted by atomic mass is 16.5. The van der Waals surface area contributed by atoms with Crippen LogP contribution in [0.25, 0.3) is 0 Å². The molecule has 36 heavy (non-hydrogen) atoms. The van der Waals surface area contributed by atoms with Crippen LogP contribution in [0.5, 0.6) is 17.2 Å². The van der Waals surface area contributed by atoms with Crippen molar-refractivity contribution in [1.82, 2.24) is 20.6 Å². The summed E-state index contributed by atoms with van der Waals surface area (Å²) in [6, 6.07) is 20.2. The van der Waals surface area contributed by atoms with E-state index < -0.39 is 0 Å². The zero-order valence-electron chi connectivity index (χ0n) is 20.3. The highest BCUT2D eigenvalue weighted by Crippen LogP contribution is 2.34. The molecule has 8 heteroatoms. The molecule has 0 aliphatic carbocycles. The number of carbonyl (C=O) groups is 1. The van der Waals surface area contributed by atoms with E-state index in [1.165, 1.54) is 0 Å². The minimum absolute atomic E-state index is 0.00670. The number of unbranched alkanes of at least 4 members (excludes halogenated alkanes) is 1. The largest absolute Gasteiger partial charge is 0.507 e. The Labute approximate surface area is 210 Å². The summed E-state index contributed by atoms with van der Waals surface area (Å²) in [6.45, 7) is 3.08. The Morgan fingerprint density at radius 3 is 2.53 bits per heavy atom. The lowest BCUT2D eigenvalue weighted by atomic mass is 9.97. The van der Waals surface area contributed by atoms with E-state index in [1.54, 1.807) is 24.3 Å². The van der Waals surface area contributed by atoms with Crippen molar-refractivity contribution in [2.24, 2.45) is 0 Å². The molecule has 0 saturated carbocycles. The smallest absolute Gasteiger partial charge is 0.196 e. The molecular formula is C28H30N4O4. The first-order valence-electron chi connectivity index (χ1n) is 12.2. The molecule has 0 amide bonds. The Kier molecular flexibility index (Phi) is 8.64. The lowest BCUT2D eigenvalue weighted by Gasteiger charge is -2.15. The van der Waals surface area contributed by atoms with Crippen LogP contribution in [0.2, 0.25) is 0 Å². The molecule has 0 fully saturated rings. The molecule has 4 aromatic rings. The lowest BCUT2D eigenvalue weighted by molar-refractivity contribution is 0.103. The summed E-state index contributed by atoms with van der Waals surface area (Å²) in [6.07, 6.45) is 3.64. The van der Waals surface area contributed by atoms with Gasteiger partial charge in [0, 0.05) is 17.5 Å². The van der Waals surface area contributed by atoms with E-state index in [4.69, 9.17) is 9.47 Å². The van der Waals surface area contributed by atoms with Crippen LogP contribution < -0.4 is 9.47 Å². The summed E-state index contributed by atoms with van der Waals surface area (Å²) in [7, 11) is 0. The number of rotatable bonds is 13. The van der Waals surface area contributed by atoms with Gasteiger partial charge in [0.25, 0.3) is 0 Å². The summed E-state index contributed by atoms with van der Waals surface area (Å²) >= 11 is 0. The van der Waals surface area contributed by atoms with E-state index in [2.05, 4.69) is 20.6 Å². The van der Waals surface area contributed by atoms with Crippen LogP contribution >= 0.6 is 0 Å². The second-order valence-corrected chi connectivity index (χ2v) is 8.44. The number of nitrogens with one attached hydrogen (secondary N) is 1. The maximum atomic E-state index is 12.9. The van der Waals surface area contributed by atoms with Crippen LogP contribution in [0.15, 0.2) is 66.7 Å². The number of benzene rings is 3. The fourth-order valence-electron chi connectivity index (χ4n) is 3.93. The van der Waals surface area contributed by atoms with Crippen molar-refractivity contribution in [2.75, 3.05) is 13.2 Å². The molecule has 3 aromatic carbocycles. The number of tetrazole rings is 1. The Morgan fingerprint density at radius 1 is 0.972 bits per heavy atom. The average molecular weight is 487 g/mol. The lowest BCUT2D eigenvalue weighted by Crippen LogP contribution is -2.07. The van der Waals surface area contributed by atoms with E-state index in [0.29, 0.717) is 54.3 Å². The summed E-state index contributed by atoms with van der Waals surface area (Å²) in [5.74, 6) is 1.86. The van der Waals surface area contributed by atoms with Crippen LogP contribution in [0, 0.1) is 0 Å². The Balaban J connectivity index is 1.28. The van der Waals surface area contributed by atoms with Gasteiger partial charge in [0.15, 0.2) is 11.6 Å². The summed E-state index contributed by atoms with van der Waals surface area (Å²) in [5.41, 5.74) is 2.57. The molecule has 1 aromatic heterocycles. The zero-order valence-corrected chi connectivity index (χ0v) is 20.3. The first-order chi connectivity index (χ1) is 17.7. The fourth-order valence-corrected chi connectivity index (χ4v) is 3.93. The first-order valence-corrected chi connectivity index (χ1v) is 12.2. The van der Waals surface area contributed by atoms with Crippen LogP contribution in [-0.4, -0.2) is 44.7 Å². The maximum absolute atomic E-state index is 12.9. The Hall–Kier alpha value is -4.20. The van der Waals surface area contributed by atoms with Gasteiger partial charge in [0.1, 0.15) is 17.2 Å². The molecule has 0 aliphatic rings. The van der Waals surface area contributed by atoms with Gasteiger partial charge < -0.3 is 14.6 Å². The van der Waals surface area contributed by atoms with Gasteiger partial charge in [-0.1, -0.05) is 61.0 Å². The minimum Gasteiger partial charge on any atom is -0.507 e. The number of phenolic OH excluding ortho intramolecular Hbond substituents is 1. The molecule has 186 valence electrons. The van der Waals surface area contributed by atoms with Gasteiger partial charge in [-0.2, -0.15) is 5.21 Å². The van der Waals surface area contributed by atoms with Crippen LogP contribution in [0.1, 0.15) is 59.1 Å². The third-order valence-corrected chi connectivity index (χ3v) is 5.74. The van der Waals surface area contributed by atoms with E-state index in [1.807, 2.05) is 49.4 Å². The topological polar surface area (TPSA) is 110 Å². The predicted molar refractivity (Wildman–Crippen MR) is 136 cm³/mol. The van der Waals surface area contributed by atoms with Crippen molar-refractivity contribution in [2.45, 2.75) is 39.0 Å². The third kappa shape index (κ3) is 6.47. The van der Waals surface area contributed by atoms with E-state index >= 15 is 0 Å². The highest BCUT2D eigenvalue weighted by Gasteiger charge is 2.19. The number of carbonyl (C=O) groups excluding carboxylic acids is 1. The molecule has 4 rings (SSSR count). The zero-order chi connectivity index (χ0) is 25.2. The molecule has 0 atom stereocenters. The van der Waals surface area contributed by atoms with Gasteiger partial charge in [0.2, 0.25) is 0 Å². The number of H-pyrrole nitrogens is 1. The van der Waals surface area contributed by atoms with Gasteiger partial charge in [-0.3, -0.25) is 4.79 Å². The number of aromatic amines is 1. The molecule has 0 saturated heterocycles. The van der Waals surface area contributed by atoms with E-state index in [9.17, 15) is 9.90 Å². The van der Waals surface area contributed by atoms with Crippen LogP contribution in [-0.2, 0) is 12.8 Å². The van der Waals surface area contributed by atoms with E-state index in [-0.39, 0.29) is 11.5 Å². The predicted octanol–water partition coefficient (Wildman–Crippen LogP) is 4.92. The second kappa shape index (κ2) is 12.5. The second-order valence-electron chi connectivity index (χ2n) is 8.44. The quantitative estimate of drug-likeness (QED) is 0.204. The number of phenols is 1. The third-order valence-electron chi connectivity index (χ3n) is 5.74. The number of hydrogen-bond acceptors (Lipinski definition) is 7. The number of ketones is 1. The number of aromatic hydroxyl groups is 1. The van der Waals surface area contributed by atoms with E-state index in [0.717, 1.165) is 30.6 Å². The monoisotopic (exact) mass is 486 g/mol. The molecule has 1 heterocycles. The first kappa shape index (κ1) is 24.9. The normalized spacial score (nSPS) is 10.8. The van der Waals surface area contributed by atoms with Crippen molar-refractivity contribution in [3.8, 4) is 17.2 Å². The molecule has 0 aliphatic heterocycles. The Morgan fingerprint density at radius 2 is 1.78 bits per heavy atom. The fraction of sp³-hybridized carbons (Fsp3) is 0.286. The van der Waals surface area contributed by atoms with Crippen LogP contribution in [0.4, 0.5) is 0 Å². The molecule has 0 unspecified atom stereocenters. The number of aromatic nitrogens is 4. The van der Waals surface area contributed by atoms with Crippen molar-refractivity contribution in [3.63, 3.8) is 0 Å². The van der Waals surface area contributed by atoms with Gasteiger partial charge in [-0.15, -0.1) is 10.2 Å². The van der Waals surface area contributed by atoms with Crippen molar-refractivity contribution in [1.29, 1.82) is 0 Å². The highest BCUT2D eigenvalue weighted by molar-refractivity contribution is 6.11. The van der Waals surface area contributed by atoms with Gasteiger partial charge >= 0.3 is 0 Å². The van der Waals surface area contributed by atoms with Crippen molar-refractivity contribution >= 4 is 5.78 Å². The number of nitrogens with zero attached hydrogens (tertiary/aromatic N) is 3. The average Bonchev–Trinajstić information content (AvgIpc) is 3.41. The van der Waals surface area contributed by atoms with Gasteiger partial charge in [-0.25, -0.2) is 0 Å². The minimum atomic E-state index is -0.199. The standard InChI is InChI=1S/C28H30N4O4/c1-2-9-23-25(15-14-24(28(23)34)27(33)21-11-4-3-5-12-21)36-17-7-6-16-35-22-13-8-10-20(18-22)19-26-29-31-32-30-26/h3-5,8,10-15,18,34H,2,6-7,9,16-17,19H2,1H3,(H,29,30,31,32). The number of ether oxygens (including phenoxy) is 2.